The van der Waals surface area contributed by atoms with Gasteiger partial charge in [-0.3, -0.25) is 4.79 Å². The number of unbranched alkanes of at least 4 members (excludes halogenated alkanes) is 4. The van der Waals surface area contributed by atoms with Crippen LogP contribution in [0.1, 0.15) is 64.0 Å². The number of nitrogen functional groups attached to an aromatic ring is 1. The maximum absolute atomic E-state index is 13.4. The van der Waals surface area contributed by atoms with E-state index in [4.69, 9.17) is 17.9 Å². The maximum Gasteiger partial charge on any atom is 0.424 e. The molecular weight excluding hydrogens is 463 g/mol. The molecule has 1 heterocycles. The van der Waals surface area contributed by atoms with Gasteiger partial charge in [-0.05, 0) is 50.1 Å². The zero-order chi connectivity index (χ0) is 25.2. The molecule has 0 aromatic carbocycles. The summed E-state index contributed by atoms with van der Waals surface area (Å²) in [7, 11) is 0. The SMILES string of the molecule is C#C/C(=C\C(=C/N)CNC(=O)C1(c2csc(N)n2)CCC(NCCCCCCC)C1)C(F)(F)F. The highest BCUT2D eigenvalue weighted by molar-refractivity contribution is 7.13. The number of thiazole rings is 1. The average Bonchev–Trinajstić information content (AvgIpc) is 3.42. The number of allylic oxidation sites excluding steroid dienone is 1. The average molecular weight is 498 g/mol. The highest BCUT2D eigenvalue weighted by Gasteiger charge is 2.48. The highest BCUT2D eigenvalue weighted by Crippen LogP contribution is 2.42. The summed E-state index contributed by atoms with van der Waals surface area (Å²) in [5.74, 6) is 1.31. The van der Waals surface area contributed by atoms with Gasteiger partial charge in [-0.25, -0.2) is 4.98 Å². The highest BCUT2D eigenvalue weighted by atomic mass is 32.1. The summed E-state index contributed by atoms with van der Waals surface area (Å²) in [5.41, 5.74) is 9.91. The van der Waals surface area contributed by atoms with Gasteiger partial charge in [0.25, 0.3) is 0 Å². The molecule has 2 atom stereocenters. The van der Waals surface area contributed by atoms with Crippen molar-refractivity contribution in [2.24, 2.45) is 5.73 Å². The van der Waals surface area contributed by atoms with Crippen LogP contribution < -0.4 is 22.1 Å². The summed E-state index contributed by atoms with van der Waals surface area (Å²) in [6.45, 7) is 2.87. The van der Waals surface area contributed by atoms with Crippen LogP contribution in [0.15, 0.2) is 28.8 Å². The van der Waals surface area contributed by atoms with Crippen molar-refractivity contribution in [1.29, 1.82) is 0 Å². The van der Waals surface area contributed by atoms with Gasteiger partial charge >= 0.3 is 6.18 Å². The number of rotatable bonds is 12. The second-order valence-electron chi connectivity index (χ2n) is 8.59. The second-order valence-corrected chi connectivity index (χ2v) is 9.48. The molecule has 10 heteroatoms. The molecule has 1 amide bonds. The van der Waals surface area contributed by atoms with Gasteiger partial charge in [-0.2, -0.15) is 13.2 Å². The molecule has 1 saturated carbocycles. The van der Waals surface area contributed by atoms with Crippen molar-refractivity contribution >= 4 is 22.4 Å². The molecule has 1 aromatic heterocycles. The molecule has 2 rings (SSSR count). The lowest BCUT2D eigenvalue weighted by Gasteiger charge is -2.27. The normalized spacial score (nSPS) is 21.4. The molecule has 6 nitrogen and oxygen atoms in total. The van der Waals surface area contributed by atoms with Crippen molar-refractivity contribution in [2.75, 3.05) is 18.8 Å². The van der Waals surface area contributed by atoms with Gasteiger partial charge in [-0.1, -0.05) is 38.5 Å². The number of anilines is 1. The number of alkyl halides is 3. The van der Waals surface area contributed by atoms with E-state index in [-0.39, 0.29) is 24.1 Å². The van der Waals surface area contributed by atoms with Gasteiger partial charge in [0.2, 0.25) is 5.91 Å². The number of carbonyl (C=O) groups excluding carboxylic acids is 1. The number of hydrogen-bond acceptors (Lipinski definition) is 6. The zero-order valence-corrected chi connectivity index (χ0v) is 20.3. The minimum absolute atomic E-state index is 0.0614. The third-order valence-corrected chi connectivity index (χ3v) is 6.81. The lowest BCUT2D eigenvalue weighted by molar-refractivity contribution is -0.126. The zero-order valence-electron chi connectivity index (χ0n) is 19.5. The second kappa shape index (κ2) is 12.8. The van der Waals surface area contributed by atoms with Crippen molar-refractivity contribution in [2.45, 2.75) is 75.9 Å². The molecule has 6 N–H and O–H groups in total. The largest absolute Gasteiger partial charge is 0.424 e. The van der Waals surface area contributed by atoms with Crippen molar-refractivity contribution < 1.29 is 18.0 Å². The summed E-state index contributed by atoms with van der Waals surface area (Å²) >= 11 is 1.26. The fourth-order valence-corrected chi connectivity index (χ4v) is 4.88. The van der Waals surface area contributed by atoms with Gasteiger partial charge in [0, 0.05) is 18.0 Å². The van der Waals surface area contributed by atoms with Gasteiger partial charge < -0.3 is 22.1 Å². The third-order valence-electron chi connectivity index (χ3n) is 6.13. The maximum atomic E-state index is 13.4. The Morgan fingerprint density at radius 1 is 1.38 bits per heavy atom. The standard InChI is InChI=1S/C24H34F3N5OS/c1-3-5-6-7-8-11-30-19-9-10-23(13-19,20-16-34-22(29)32-20)21(33)31-15-17(14-28)12-18(4-2)24(25,26)27/h2,12,14,16,19,30H,3,5-11,13,15,28H2,1H3,(H2,29,32)(H,31,33)/b17-14+,18-12+. The predicted octanol–water partition coefficient (Wildman–Crippen LogP) is 4.16. The number of aromatic nitrogens is 1. The molecule has 1 aliphatic carbocycles. The van der Waals surface area contributed by atoms with E-state index < -0.39 is 17.2 Å². The summed E-state index contributed by atoms with van der Waals surface area (Å²) in [6, 6.07) is 0.141. The lowest BCUT2D eigenvalue weighted by Crippen LogP contribution is -2.45. The summed E-state index contributed by atoms with van der Waals surface area (Å²) in [4.78, 5) is 17.7. The Hall–Kier alpha value is -2.51. The van der Waals surface area contributed by atoms with E-state index in [1.165, 1.54) is 37.0 Å². The summed E-state index contributed by atoms with van der Waals surface area (Å²) < 4.78 is 39.0. The van der Waals surface area contributed by atoms with Crippen LogP contribution in [0, 0.1) is 12.3 Å². The molecule has 0 aliphatic heterocycles. The molecule has 0 bridgehead atoms. The molecule has 188 valence electrons. The fourth-order valence-electron chi connectivity index (χ4n) is 4.22. The predicted molar refractivity (Wildman–Crippen MR) is 131 cm³/mol. The molecule has 0 spiro atoms. The first-order chi connectivity index (χ1) is 16.2. The molecule has 34 heavy (non-hydrogen) atoms. The van der Waals surface area contributed by atoms with E-state index in [1.54, 1.807) is 11.3 Å². The molecular formula is C24H34F3N5OS. The van der Waals surface area contributed by atoms with Crippen LogP contribution in [0.2, 0.25) is 0 Å². The minimum Gasteiger partial charge on any atom is -0.404 e. The van der Waals surface area contributed by atoms with Gasteiger partial charge in [0.05, 0.1) is 11.1 Å². The van der Waals surface area contributed by atoms with Crippen LogP contribution in [0.25, 0.3) is 0 Å². The topological polar surface area (TPSA) is 106 Å². The van der Waals surface area contributed by atoms with Crippen LogP contribution in [0.5, 0.6) is 0 Å². The first kappa shape index (κ1) is 27.7. The number of halogens is 3. The Labute approximate surface area is 203 Å². The number of nitrogens with one attached hydrogen (secondary N) is 2. The van der Waals surface area contributed by atoms with E-state index in [1.807, 2.05) is 0 Å². The monoisotopic (exact) mass is 497 g/mol. The lowest BCUT2D eigenvalue weighted by atomic mass is 9.81. The fraction of sp³-hybridized carbons (Fsp3) is 0.583. The third kappa shape index (κ3) is 7.50. The number of nitrogens with two attached hydrogens (primary N) is 2. The van der Waals surface area contributed by atoms with E-state index in [0.717, 1.165) is 31.7 Å². The molecule has 1 aliphatic rings. The Morgan fingerprint density at radius 3 is 2.71 bits per heavy atom. The molecule has 0 radical (unpaired) electrons. The number of nitrogens with zero attached hydrogens (tertiary/aromatic N) is 1. The number of carbonyl (C=O) groups is 1. The van der Waals surface area contributed by atoms with E-state index in [9.17, 15) is 18.0 Å². The van der Waals surface area contributed by atoms with Gasteiger partial charge in [-0.15, -0.1) is 17.8 Å². The van der Waals surface area contributed by atoms with Gasteiger partial charge in [0.1, 0.15) is 5.57 Å². The molecule has 1 aromatic rings. The number of amides is 1. The molecule has 2 unspecified atom stereocenters. The minimum atomic E-state index is -4.67. The quantitative estimate of drug-likeness (QED) is 0.197. The summed E-state index contributed by atoms with van der Waals surface area (Å²) in [5, 5.41) is 8.44. The first-order valence-electron chi connectivity index (χ1n) is 11.6. The Balaban J connectivity index is 2.08. The van der Waals surface area contributed by atoms with E-state index >= 15 is 0 Å². The van der Waals surface area contributed by atoms with Crippen molar-refractivity contribution in [3.63, 3.8) is 0 Å². The number of terminal acetylenes is 1. The molecule has 1 fully saturated rings. The van der Waals surface area contributed by atoms with Gasteiger partial charge in [0.15, 0.2) is 5.13 Å². The first-order valence-corrected chi connectivity index (χ1v) is 12.4. The Bertz CT molecular complexity index is 918. The van der Waals surface area contributed by atoms with Crippen molar-refractivity contribution in [3.05, 3.63) is 34.5 Å². The van der Waals surface area contributed by atoms with E-state index in [2.05, 4.69) is 22.5 Å². The number of hydrogen-bond donors (Lipinski definition) is 4. The van der Waals surface area contributed by atoms with E-state index in [0.29, 0.717) is 23.7 Å². The summed E-state index contributed by atoms with van der Waals surface area (Å²) in [6.07, 6.45) is 9.86. The molecule has 0 saturated heterocycles. The Kier molecular flexibility index (Phi) is 10.5. The van der Waals surface area contributed by atoms with Crippen LogP contribution in [-0.4, -0.2) is 36.2 Å². The Morgan fingerprint density at radius 2 is 2.12 bits per heavy atom. The van der Waals surface area contributed by atoms with Crippen LogP contribution in [0.4, 0.5) is 18.3 Å². The van der Waals surface area contributed by atoms with Crippen molar-refractivity contribution in [3.8, 4) is 12.3 Å². The smallest absolute Gasteiger partial charge is 0.404 e. The van der Waals surface area contributed by atoms with Crippen molar-refractivity contribution in [1.82, 2.24) is 15.6 Å². The van der Waals surface area contributed by atoms with Crippen LogP contribution in [-0.2, 0) is 10.2 Å². The van der Waals surface area contributed by atoms with Crippen LogP contribution in [0.3, 0.4) is 0 Å². The van der Waals surface area contributed by atoms with Crippen LogP contribution >= 0.6 is 11.3 Å².